The van der Waals surface area contributed by atoms with E-state index in [-0.39, 0.29) is 28.1 Å². The molecule has 0 aliphatic heterocycles. The van der Waals surface area contributed by atoms with Crippen molar-refractivity contribution in [2.24, 2.45) is 0 Å². The molecule has 0 unspecified atom stereocenters. The van der Waals surface area contributed by atoms with Crippen LogP contribution < -0.4 is 23.8 Å². The minimum Gasteiger partial charge on any atom is -0.481 e. The summed E-state index contributed by atoms with van der Waals surface area (Å²) in [6.07, 6.45) is 0. The summed E-state index contributed by atoms with van der Waals surface area (Å²) in [4.78, 5) is 9.89. The average Bonchev–Trinajstić information content (AvgIpc) is 2.75. The lowest BCUT2D eigenvalue weighted by molar-refractivity contribution is 0.372. The molecule has 0 aliphatic rings. The summed E-state index contributed by atoms with van der Waals surface area (Å²) in [5.74, 6) is 1.67. The van der Waals surface area contributed by atoms with Crippen molar-refractivity contribution in [2.75, 3.05) is 19.1 Å². The molecule has 0 spiro atoms. The number of hydrogen-bond acceptors (Lipinski definition) is 8. The van der Waals surface area contributed by atoms with Crippen LogP contribution in [0.25, 0.3) is 0 Å². The molecule has 0 atom stereocenters. The Morgan fingerprint density at radius 1 is 0.724 bits per heavy atom. The van der Waals surface area contributed by atoms with Crippen molar-refractivity contribution in [2.45, 2.75) is 0 Å². The number of rotatable bonds is 5. The van der Waals surface area contributed by atoms with Gasteiger partial charge in [-0.2, -0.15) is 14.9 Å². The fourth-order valence-corrected chi connectivity index (χ4v) is 2.79. The molecule has 9 heteroatoms. The van der Waals surface area contributed by atoms with Crippen LogP contribution in [0.1, 0.15) is 0 Å². The third kappa shape index (κ3) is 5.37. The van der Waals surface area contributed by atoms with Gasteiger partial charge in [0.05, 0.1) is 20.3 Å². The van der Waals surface area contributed by atoms with E-state index in [1.54, 1.807) is 24.3 Å². The molecule has 29 heavy (non-hydrogen) atoms. The maximum absolute atomic E-state index is 5.77. The first-order valence-corrected chi connectivity index (χ1v) is 9.23. The Labute approximate surface area is 178 Å². The molecule has 0 saturated heterocycles. The van der Waals surface area contributed by atoms with Gasteiger partial charge in [-0.25, -0.2) is 0 Å². The van der Waals surface area contributed by atoms with Crippen LogP contribution in [0, 0.1) is 0 Å². The first-order chi connectivity index (χ1) is 14.1. The van der Waals surface area contributed by atoms with Crippen LogP contribution in [0.2, 0.25) is 0 Å². The lowest BCUT2D eigenvalue weighted by Crippen LogP contribution is -2.41. The Morgan fingerprint density at radius 3 is 1.52 bits per heavy atom. The highest BCUT2D eigenvalue weighted by atomic mass is 32.1. The van der Waals surface area contributed by atoms with E-state index in [1.165, 1.54) is 25.2 Å². The Kier molecular flexibility index (Phi) is 6.88. The third-order valence-electron chi connectivity index (χ3n) is 3.55. The lowest BCUT2D eigenvalue weighted by atomic mass is 10.3. The lowest BCUT2D eigenvalue weighted by Gasteiger charge is -2.23. The number of anilines is 1. The van der Waals surface area contributed by atoms with E-state index in [0.29, 0.717) is 11.5 Å². The van der Waals surface area contributed by atoms with Gasteiger partial charge in [0.2, 0.25) is 17.7 Å². The quantitative estimate of drug-likeness (QED) is 0.562. The Morgan fingerprint density at radius 2 is 1.14 bits per heavy atom. The first-order valence-electron chi connectivity index (χ1n) is 8.41. The number of benzene rings is 2. The predicted octanol–water partition coefficient (Wildman–Crippen LogP) is 4.03. The minimum absolute atomic E-state index is 0.0209. The number of thiocarbonyl (C=S) groups is 2. The van der Waals surface area contributed by atoms with E-state index in [2.05, 4.69) is 9.97 Å². The van der Waals surface area contributed by atoms with Crippen LogP contribution >= 0.6 is 24.4 Å². The number of methoxy groups -OCH3 is 2. The number of para-hydroxylation sites is 2. The predicted molar refractivity (Wildman–Crippen MR) is 117 cm³/mol. The number of nitrogens with zero attached hydrogens (tertiary/aromatic N) is 3. The van der Waals surface area contributed by atoms with Gasteiger partial charge in [0, 0.05) is 0 Å². The zero-order chi connectivity index (χ0) is 20.6. The number of aromatic nitrogens is 2. The molecule has 0 fully saturated rings. The minimum atomic E-state index is -0.0209. The van der Waals surface area contributed by atoms with E-state index in [1.807, 2.05) is 36.4 Å². The van der Waals surface area contributed by atoms with Gasteiger partial charge in [0.15, 0.2) is 0 Å². The molecule has 148 valence electrons. The van der Waals surface area contributed by atoms with Crippen molar-refractivity contribution in [1.82, 2.24) is 9.97 Å². The van der Waals surface area contributed by atoms with E-state index in [0.717, 1.165) is 0 Å². The Bertz CT molecular complexity index is 912. The summed E-state index contributed by atoms with van der Waals surface area (Å²) in [5, 5.41) is -0.0418. The molecule has 0 aliphatic carbocycles. The molecule has 2 aromatic carbocycles. The molecule has 0 bridgehead atoms. The van der Waals surface area contributed by atoms with Crippen molar-refractivity contribution >= 4 is 40.7 Å². The van der Waals surface area contributed by atoms with Gasteiger partial charge in [0.1, 0.15) is 11.5 Å². The molecular formula is C20H17N3O4S2. The van der Waals surface area contributed by atoms with E-state index in [9.17, 15) is 0 Å². The molecule has 3 rings (SSSR count). The van der Waals surface area contributed by atoms with Gasteiger partial charge in [-0.3, -0.25) is 0 Å². The molecule has 7 nitrogen and oxygen atoms in total. The summed E-state index contributed by atoms with van der Waals surface area (Å²) in [7, 11) is 2.96. The van der Waals surface area contributed by atoms with Crippen molar-refractivity contribution < 1.29 is 18.9 Å². The van der Waals surface area contributed by atoms with Crippen LogP contribution in [0.4, 0.5) is 5.95 Å². The summed E-state index contributed by atoms with van der Waals surface area (Å²) in [6.45, 7) is 0. The van der Waals surface area contributed by atoms with Crippen LogP contribution in [0.3, 0.4) is 0 Å². The fraction of sp³-hybridized carbons (Fsp3) is 0.100. The highest BCUT2D eigenvalue weighted by molar-refractivity contribution is 7.82. The second-order valence-corrected chi connectivity index (χ2v) is 6.15. The second-order valence-electron chi connectivity index (χ2n) is 5.45. The highest BCUT2D eigenvalue weighted by Gasteiger charge is 2.26. The van der Waals surface area contributed by atoms with Gasteiger partial charge in [-0.1, -0.05) is 36.4 Å². The molecule has 0 N–H and O–H groups in total. The summed E-state index contributed by atoms with van der Waals surface area (Å²) in [5.41, 5.74) is 0. The van der Waals surface area contributed by atoms with E-state index < -0.39 is 0 Å². The van der Waals surface area contributed by atoms with E-state index in [4.69, 9.17) is 43.4 Å². The Hall–Kier alpha value is -3.30. The maximum atomic E-state index is 5.77. The van der Waals surface area contributed by atoms with Crippen LogP contribution in [0.5, 0.6) is 23.3 Å². The first kappa shape index (κ1) is 20.4. The standard InChI is InChI=1S/C20H17N3O4S2/c1-24-16-13-17(25-2)22-18(21-16)23(19(28)26-14-9-5-3-6-10-14)20(29)27-15-11-7-4-8-12-15/h3-13H,1-2H3. The average molecular weight is 428 g/mol. The van der Waals surface area contributed by atoms with Gasteiger partial charge in [-0.05, 0) is 48.7 Å². The van der Waals surface area contributed by atoms with Gasteiger partial charge < -0.3 is 18.9 Å². The zero-order valence-electron chi connectivity index (χ0n) is 15.6. The molecule has 0 saturated carbocycles. The fourth-order valence-electron chi connectivity index (χ4n) is 2.21. The number of hydrogen-bond donors (Lipinski definition) is 0. The molecule has 3 aromatic rings. The van der Waals surface area contributed by atoms with Crippen LogP contribution in [0.15, 0.2) is 66.7 Å². The van der Waals surface area contributed by atoms with Crippen LogP contribution in [-0.4, -0.2) is 34.5 Å². The summed E-state index contributed by atoms with van der Waals surface area (Å²) < 4.78 is 22.0. The monoisotopic (exact) mass is 427 g/mol. The van der Waals surface area contributed by atoms with Crippen molar-refractivity contribution in [3.8, 4) is 23.3 Å². The third-order valence-corrected chi connectivity index (χ3v) is 4.08. The van der Waals surface area contributed by atoms with Crippen molar-refractivity contribution in [1.29, 1.82) is 0 Å². The van der Waals surface area contributed by atoms with Crippen LogP contribution in [-0.2, 0) is 0 Å². The molecule has 0 amide bonds. The van der Waals surface area contributed by atoms with Gasteiger partial charge >= 0.3 is 0 Å². The largest absolute Gasteiger partial charge is 0.481 e. The molecule has 1 aromatic heterocycles. The zero-order valence-corrected chi connectivity index (χ0v) is 17.3. The van der Waals surface area contributed by atoms with Gasteiger partial charge in [-0.15, -0.1) is 0 Å². The SMILES string of the molecule is COc1cc(OC)nc(N(C(=S)Oc2ccccc2)C(=S)Oc2ccccc2)n1. The van der Waals surface area contributed by atoms with Crippen molar-refractivity contribution in [3.05, 3.63) is 66.7 Å². The number of ether oxygens (including phenoxy) is 4. The molecule has 1 heterocycles. The molecular weight excluding hydrogens is 410 g/mol. The topological polar surface area (TPSA) is 65.9 Å². The second kappa shape index (κ2) is 9.76. The Balaban J connectivity index is 1.96. The summed E-state index contributed by atoms with van der Waals surface area (Å²) in [6, 6.07) is 19.6. The van der Waals surface area contributed by atoms with Gasteiger partial charge in [0.25, 0.3) is 10.3 Å². The normalized spacial score (nSPS) is 10.0. The maximum Gasteiger partial charge on any atom is 0.279 e. The molecule has 0 radical (unpaired) electrons. The van der Waals surface area contributed by atoms with Crippen molar-refractivity contribution in [3.63, 3.8) is 0 Å². The highest BCUT2D eigenvalue weighted by Crippen LogP contribution is 2.23. The summed E-state index contributed by atoms with van der Waals surface area (Å²) >= 11 is 10.9. The smallest absolute Gasteiger partial charge is 0.279 e. The van der Waals surface area contributed by atoms with E-state index >= 15 is 0 Å².